The van der Waals surface area contributed by atoms with Gasteiger partial charge in [-0.25, -0.2) is 0 Å². The van der Waals surface area contributed by atoms with Crippen LogP contribution in [0.15, 0.2) is 47.2 Å². The Morgan fingerprint density at radius 1 is 0.960 bits per heavy atom. The number of carbonyl (C=O) groups excluding carboxylic acids is 3. The van der Waals surface area contributed by atoms with E-state index in [0.29, 0.717) is 53.2 Å². The second-order valence-electron chi connectivity index (χ2n) is 18.9. The summed E-state index contributed by atoms with van der Waals surface area (Å²) in [6.45, 7) is 18.3. The fourth-order valence-corrected chi connectivity index (χ4v) is 12.8. The van der Waals surface area contributed by atoms with Crippen LogP contribution in [0, 0.1) is 64.1 Å². The largest absolute Gasteiger partial charge is 0.391 e. The highest BCUT2D eigenvalue weighted by Crippen LogP contribution is 2.73. The highest BCUT2D eigenvalue weighted by molar-refractivity contribution is 6.75. The molecule has 1 radical (unpaired) electrons. The quantitative estimate of drug-likeness (QED) is 0.112. The van der Waals surface area contributed by atoms with Gasteiger partial charge in [-0.3, -0.25) is 4.79 Å². The van der Waals surface area contributed by atoms with Crippen LogP contribution < -0.4 is 10.6 Å². The third kappa shape index (κ3) is 6.38. The van der Waals surface area contributed by atoms with E-state index < -0.39 is 5.41 Å². The number of benzene rings is 1. The van der Waals surface area contributed by atoms with Gasteiger partial charge in [-0.2, -0.15) is 0 Å². The number of fused-ring (bicyclic) bond motifs is 7. The zero-order valence-corrected chi connectivity index (χ0v) is 32.6. The highest BCUT2D eigenvalue weighted by Gasteiger charge is 2.64. The van der Waals surface area contributed by atoms with Crippen molar-refractivity contribution in [3.05, 3.63) is 52.7 Å². The lowest BCUT2D eigenvalue weighted by Crippen LogP contribution is -2.60. The Morgan fingerprint density at radius 3 is 2.28 bits per heavy atom. The molecule has 4 fully saturated rings. The van der Waals surface area contributed by atoms with E-state index in [0.717, 1.165) is 43.4 Å². The Hall–Kier alpha value is -2.63. The number of allylic oxidation sites excluding steroid dienone is 2. The summed E-state index contributed by atoms with van der Waals surface area (Å²) in [6, 6.07) is 8.05. The fourth-order valence-electron chi connectivity index (χ4n) is 12.8. The van der Waals surface area contributed by atoms with Crippen molar-refractivity contribution in [1.82, 2.24) is 5.32 Å². The maximum atomic E-state index is 13.5. The second kappa shape index (κ2) is 13.7. The summed E-state index contributed by atoms with van der Waals surface area (Å²) < 4.78 is 0. The van der Waals surface area contributed by atoms with Gasteiger partial charge in [0.15, 0.2) is 0 Å². The van der Waals surface area contributed by atoms with Crippen molar-refractivity contribution in [3.8, 4) is 0 Å². The average Bonchev–Trinajstić information content (AvgIpc) is 3.47. The number of aldehydes is 1. The molecule has 0 aromatic heterocycles. The van der Waals surface area contributed by atoms with E-state index in [1.54, 1.807) is 11.1 Å². The van der Waals surface area contributed by atoms with Gasteiger partial charge in [-0.1, -0.05) is 89.5 Å². The number of amides is 1. The van der Waals surface area contributed by atoms with Crippen LogP contribution in [0.1, 0.15) is 125 Å². The first kappa shape index (κ1) is 37.1. The number of carbonyl (C=O) groups is 3. The monoisotopic (exact) mass is 680 g/mol. The molecule has 4 saturated carbocycles. The predicted molar refractivity (Wildman–Crippen MR) is 206 cm³/mol. The molecule has 0 saturated heterocycles. The molecule has 1 aromatic carbocycles. The number of hydrogen-bond acceptors (Lipinski definition) is 4. The third-order valence-electron chi connectivity index (χ3n) is 15.2. The molecule has 2 N–H and O–H groups in total. The van der Waals surface area contributed by atoms with Crippen LogP contribution in [-0.4, -0.2) is 32.2 Å². The Labute approximate surface area is 303 Å². The number of hydrogen-bond donors (Lipinski definition) is 2. The zero-order valence-electron chi connectivity index (χ0n) is 32.6. The normalized spacial score (nSPS) is 36.9. The molecular weight excluding hydrogens is 615 g/mol. The highest BCUT2D eigenvalue weighted by atomic mass is 16.1. The molecule has 9 unspecified atom stereocenters. The van der Waals surface area contributed by atoms with Gasteiger partial charge in [0.2, 0.25) is 13.2 Å². The van der Waals surface area contributed by atoms with Gasteiger partial charge in [-0.15, -0.1) is 0 Å². The molecule has 6 heteroatoms. The van der Waals surface area contributed by atoms with Crippen LogP contribution in [0.5, 0.6) is 0 Å². The van der Waals surface area contributed by atoms with Crippen molar-refractivity contribution < 1.29 is 14.4 Å². The molecule has 1 aromatic rings. The van der Waals surface area contributed by atoms with Gasteiger partial charge >= 0.3 is 0 Å². The fraction of sp³-hybridized carbons (Fsp3) is 0.705. The molecular formula is C44H64BN2O3. The lowest BCUT2D eigenvalue weighted by molar-refractivity contribution is -0.161. The standard InChI is InChI=1S/C44H64BN2O3/c1-27(2)31-16-22-44(37(46-9)24-39(50)47-30-12-10-28(3)11-13-30)23-18-34-32(40(31)44)14-15-36-42(7)21-19-35(45-38(49)25-41(5,6)26-48)29(4)33(42)17-20-43(34,36)8/h10-13,24,26-27,29,32-36,46H,14-23,25H2,1-9H3,(H,47,50)/b37-24-. The lowest BCUT2D eigenvalue weighted by Gasteiger charge is -2.67. The van der Waals surface area contributed by atoms with Crippen molar-refractivity contribution >= 4 is 30.8 Å². The summed E-state index contributed by atoms with van der Waals surface area (Å²) >= 11 is 0. The Morgan fingerprint density at radius 2 is 1.62 bits per heavy atom. The minimum Gasteiger partial charge on any atom is -0.391 e. The Balaban J connectivity index is 1.25. The first-order valence-corrected chi connectivity index (χ1v) is 19.9. The SMILES string of the molecule is CN/C(=C\C(=O)Nc1ccc(C)cc1)C12CCC(C(C)C)=C1C1CCC3C(C)(CCC4C(C)C([B]C(=O)CC(C)(C)C=O)CCC43C)C1CC2. The molecule has 5 aliphatic rings. The molecule has 9 atom stereocenters. The summed E-state index contributed by atoms with van der Waals surface area (Å²) in [5, 5.41) is 6.72. The molecule has 0 aliphatic heterocycles. The molecule has 0 spiro atoms. The van der Waals surface area contributed by atoms with Gasteiger partial charge in [0.25, 0.3) is 0 Å². The van der Waals surface area contributed by atoms with Crippen LogP contribution in [0.25, 0.3) is 0 Å². The van der Waals surface area contributed by atoms with Crippen molar-refractivity contribution in [1.29, 1.82) is 0 Å². The summed E-state index contributed by atoms with van der Waals surface area (Å²) in [6.07, 6.45) is 15.0. The number of nitrogens with one attached hydrogen (secondary N) is 2. The molecule has 271 valence electrons. The van der Waals surface area contributed by atoms with Crippen molar-refractivity contribution in [2.45, 2.75) is 132 Å². The van der Waals surface area contributed by atoms with E-state index >= 15 is 0 Å². The van der Waals surface area contributed by atoms with Gasteiger partial charge in [0, 0.05) is 41.8 Å². The summed E-state index contributed by atoms with van der Waals surface area (Å²) in [5.74, 6) is 3.82. The van der Waals surface area contributed by atoms with Crippen molar-refractivity contribution in [2.24, 2.45) is 57.2 Å². The number of aryl methyl sites for hydroxylation is 1. The molecule has 6 rings (SSSR count). The van der Waals surface area contributed by atoms with E-state index in [2.05, 4.69) is 52.2 Å². The maximum absolute atomic E-state index is 13.5. The number of rotatable bonds is 10. The van der Waals surface area contributed by atoms with E-state index in [1.165, 1.54) is 44.1 Å². The molecule has 5 nitrogen and oxygen atoms in total. The summed E-state index contributed by atoms with van der Waals surface area (Å²) in [4.78, 5) is 38.1. The summed E-state index contributed by atoms with van der Waals surface area (Å²) in [5.41, 5.74) is 6.53. The van der Waals surface area contributed by atoms with Crippen LogP contribution in [-0.2, 0) is 14.4 Å². The Bertz CT molecular complexity index is 1540. The maximum Gasteiger partial charge on any atom is 0.250 e. The summed E-state index contributed by atoms with van der Waals surface area (Å²) in [7, 11) is 4.03. The second-order valence-corrected chi connectivity index (χ2v) is 18.9. The van der Waals surface area contributed by atoms with E-state index in [-0.39, 0.29) is 22.4 Å². The van der Waals surface area contributed by atoms with E-state index in [1.807, 2.05) is 58.5 Å². The third-order valence-corrected chi connectivity index (χ3v) is 15.2. The first-order valence-electron chi connectivity index (χ1n) is 19.9. The van der Waals surface area contributed by atoms with Crippen molar-refractivity contribution in [3.63, 3.8) is 0 Å². The van der Waals surface area contributed by atoms with Gasteiger partial charge in [-0.05, 0) is 123 Å². The van der Waals surface area contributed by atoms with Gasteiger partial charge in [0.1, 0.15) is 6.29 Å². The van der Waals surface area contributed by atoms with Crippen LogP contribution >= 0.6 is 0 Å². The molecule has 50 heavy (non-hydrogen) atoms. The van der Waals surface area contributed by atoms with Crippen LogP contribution in [0.2, 0.25) is 5.82 Å². The molecule has 0 bridgehead atoms. The van der Waals surface area contributed by atoms with Crippen molar-refractivity contribution in [2.75, 3.05) is 12.4 Å². The van der Waals surface area contributed by atoms with Crippen LogP contribution in [0.4, 0.5) is 5.69 Å². The minimum absolute atomic E-state index is 0.0508. The number of anilines is 1. The zero-order chi connectivity index (χ0) is 36.2. The smallest absolute Gasteiger partial charge is 0.250 e. The minimum atomic E-state index is -0.593. The first-order chi connectivity index (χ1) is 23.6. The van der Waals surface area contributed by atoms with E-state index in [9.17, 15) is 14.4 Å². The topological polar surface area (TPSA) is 75.3 Å². The van der Waals surface area contributed by atoms with Crippen LogP contribution in [0.3, 0.4) is 0 Å². The molecule has 1 amide bonds. The van der Waals surface area contributed by atoms with E-state index in [4.69, 9.17) is 0 Å². The molecule has 0 heterocycles. The molecule has 5 aliphatic carbocycles. The average molecular weight is 680 g/mol. The van der Waals surface area contributed by atoms with Gasteiger partial charge < -0.3 is 20.2 Å². The Kier molecular flexibility index (Phi) is 10.2. The lowest BCUT2D eigenvalue weighted by atomic mass is 9.35. The predicted octanol–water partition coefficient (Wildman–Crippen LogP) is 9.69. The van der Waals surface area contributed by atoms with Gasteiger partial charge in [0.05, 0.1) is 5.68 Å².